The number of rotatable bonds is 3. The summed E-state index contributed by atoms with van der Waals surface area (Å²) >= 11 is 0. The van der Waals surface area contributed by atoms with E-state index in [4.69, 9.17) is 0 Å². The number of carbonyl (C=O) groups excluding carboxylic acids is 3. The lowest BCUT2D eigenvalue weighted by atomic mass is 9.77. The van der Waals surface area contributed by atoms with Gasteiger partial charge >= 0.3 is 0 Å². The molecule has 6 heteroatoms. The van der Waals surface area contributed by atoms with E-state index in [2.05, 4.69) is 4.90 Å². The van der Waals surface area contributed by atoms with Gasteiger partial charge in [-0.2, -0.15) is 0 Å². The van der Waals surface area contributed by atoms with Crippen LogP contribution in [0.2, 0.25) is 0 Å². The SMILES string of the molecule is O=C1CCCCCN1CC(=O)N1CCC2(CCCN(C3CCCC3)C2=O)C1. The monoisotopic (exact) mass is 375 g/mol. The van der Waals surface area contributed by atoms with E-state index in [0.29, 0.717) is 38.0 Å². The summed E-state index contributed by atoms with van der Waals surface area (Å²) < 4.78 is 0. The van der Waals surface area contributed by atoms with Gasteiger partial charge in [-0.15, -0.1) is 0 Å². The molecule has 3 heterocycles. The second kappa shape index (κ2) is 7.80. The Kier molecular flexibility index (Phi) is 5.42. The van der Waals surface area contributed by atoms with Crippen molar-refractivity contribution < 1.29 is 14.4 Å². The molecular weight excluding hydrogens is 342 g/mol. The van der Waals surface area contributed by atoms with Crippen molar-refractivity contribution in [3.63, 3.8) is 0 Å². The van der Waals surface area contributed by atoms with Crippen LogP contribution in [0.25, 0.3) is 0 Å². The van der Waals surface area contributed by atoms with Crippen LogP contribution in [-0.2, 0) is 14.4 Å². The Balaban J connectivity index is 1.38. The normalized spacial score (nSPS) is 30.4. The lowest BCUT2D eigenvalue weighted by Gasteiger charge is -2.42. The highest BCUT2D eigenvalue weighted by Crippen LogP contribution is 2.42. The van der Waals surface area contributed by atoms with Crippen molar-refractivity contribution in [2.75, 3.05) is 32.7 Å². The molecule has 0 bridgehead atoms. The second-order valence-corrected chi connectivity index (χ2v) is 9.01. The fourth-order valence-electron chi connectivity index (χ4n) is 5.60. The van der Waals surface area contributed by atoms with Crippen molar-refractivity contribution in [2.45, 2.75) is 76.7 Å². The Morgan fingerprint density at radius 1 is 0.926 bits per heavy atom. The molecule has 0 N–H and O–H groups in total. The fourth-order valence-corrected chi connectivity index (χ4v) is 5.60. The highest BCUT2D eigenvalue weighted by Gasteiger charge is 2.50. The van der Waals surface area contributed by atoms with Crippen LogP contribution in [0.4, 0.5) is 0 Å². The molecule has 3 saturated heterocycles. The standard InChI is InChI=1S/C21H33N3O3/c25-18-9-2-1-5-12-22(18)15-19(26)23-14-11-21(16-23)10-6-13-24(20(21)27)17-7-3-4-8-17/h17H,1-16H2. The first-order valence-electron chi connectivity index (χ1n) is 11.0. The predicted octanol–water partition coefficient (Wildman–Crippen LogP) is 2.17. The third-order valence-corrected chi connectivity index (χ3v) is 7.24. The van der Waals surface area contributed by atoms with Crippen molar-refractivity contribution in [1.29, 1.82) is 0 Å². The number of carbonyl (C=O) groups is 3. The molecule has 1 unspecified atom stereocenters. The molecule has 4 aliphatic rings. The van der Waals surface area contributed by atoms with Crippen molar-refractivity contribution in [2.24, 2.45) is 5.41 Å². The van der Waals surface area contributed by atoms with E-state index in [0.717, 1.165) is 57.9 Å². The largest absolute Gasteiger partial charge is 0.340 e. The first-order chi connectivity index (χ1) is 13.1. The molecule has 4 rings (SSSR count). The first-order valence-corrected chi connectivity index (χ1v) is 11.0. The smallest absolute Gasteiger partial charge is 0.242 e. The third-order valence-electron chi connectivity index (χ3n) is 7.24. The molecule has 4 fully saturated rings. The molecule has 6 nitrogen and oxygen atoms in total. The van der Waals surface area contributed by atoms with Crippen molar-refractivity contribution >= 4 is 17.7 Å². The molecule has 150 valence electrons. The molecule has 3 amide bonds. The summed E-state index contributed by atoms with van der Waals surface area (Å²) in [7, 11) is 0. The topological polar surface area (TPSA) is 60.9 Å². The predicted molar refractivity (Wildman–Crippen MR) is 102 cm³/mol. The minimum Gasteiger partial charge on any atom is -0.340 e. The van der Waals surface area contributed by atoms with Crippen LogP contribution >= 0.6 is 0 Å². The van der Waals surface area contributed by atoms with Crippen LogP contribution < -0.4 is 0 Å². The highest BCUT2D eigenvalue weighted by molar-refractivity contribution is 5.88. The summed E-state index contributed by atoms with van der Waals surface area (Å²) in [5, 5.41) is 0. The summed E-state index contributed by atoms with van der Waals surface area (Å²) in [5.74, 6) is 0.422. The molecule has 1 atom stereocenters. The zero-order valence-corrected chi connectivity index (χ0v) is 16.5. The Labute approximate surface area is 162 Å². The number of hydrogen-bond acceptors (Lipinski definition) is 3. The van der Waals surface area contributed by atoms with Crippen LogP contribution in [0.5, 0.6) is 0 Å². The quantitative estimate of drug-likeness (QED) is 0.760. The second-order valence-electron chi connectivity index (χ2n) is 9.01. The van der Waals surface area contributed by atoms with Gasteiger partial charge in [-0.1, -0.05) is 19.3 Å². The molecule has 27 heavy (non-hydrogen) atoms. The summed E-state index contributed by atoms with van der Waals surface area (Å²) in [6, 6.07) is 0.425. The lowest BCUT2D eigenvalue weighted by Crippen LogP contribution is -2.53. The van der Waals surface area contributed by atoms with Crippen LogP contribution in [0.15, 0.2) is 0 Å². The zero-order valence-electron chi connectivity index (χ0n) is 16.5. The van der Waals surface area contributed by atoms with E-state index < -0.39 is 0 Å². The fraction of sp³-hybridized carbons (Fsp3) is 0.857. The maximum Gasteiger partial charge on any atom is 0.242 e. The van der Waals surface area contributed by atoms with E-state index in [-0.39, 0.29) is 23.8 Å². The average Bonchev–Trinajstić information content (AvgIpc) is 3.29. The van der Waals surface area contributed by atoms with Crippen LogP contribution in [-0.4, -0.2) is 71.2 Å². The van der Waals surface area contributed by atoms with Crippen molar-refractivity contribution in [1.82, 2.24) is 14.7 Å². The summed E-state index contributed by atoms with van der Waals surface area (Å²) in [6.07, 6.45) is 11.0. The number of amides is 3. The summed E-state index contributed by atoms with van der Waals surface area (Å²) in [5.41, 5.74) is -0.362. The van der Waals surface area contributed by atoms with Gasteiger partial charge in [0.1, 0.15) is 0 Å². The van der Waals surface area contributed by atoms with Gasteiger partial charge in [0.05, 0.1) is 12.0 Å². The Bertz CT molecular complexity index is 601. The van der Waals surface area contributed by atoms with Gasteiger partial charge in [0.2, 0.25) is 17.7 Å². The maximum absolute atomic E-state index is 13.3. The third kappa shape index (κ3) is 3.72. The van der Waals surface area contributed by atoms with Gasteiger partial charge in [-0.05, 0) is 44.9 Å². The Morgan fingerprint density at radius 3 is 2.56 bits per heavy atom. The van der Waals surface area contributed by atoms with Gasteiger partial charge in [0.15, 0.2) is 0 Å². The number of nitrogens with zero attached hydrogens (tertiary/aromatic N) is 3. The van der Waals surface area contributed by atoms with E-state index in [1.807, 2.05) is 4.90 Å². The Morgan fingerprint density at radius 2 is 1.74 bits per heavy atom. The number of piperidine rings is 1. The van der Waals surface area contributed by atoms with Gasteiger partial charge in [-0.3, -0.25) is 14.4 Å². The van der Waals surface area contributed by atoms with Gasteiger partial charge in [0, 0.05) is 38.6 Å². The lowest BCUT2D eigenvalue weighted by molar-refractivity contribution is -0.149. The van der Waals surface area contributed by atoms with Crippen LogP contribution in [0.3, 0.4) is 0 Å². The van der Waals surface area contributed by atoms with Gasteiger partial charge in [-0.25, -0.2) is 0 Å². The molecule has 1 saturated carbocycles. The van der Waals surface area contributed by atoms with E-state index >= 15 is 0 Å². The van der Waals surface area contributed by atoms with Gasteiger partial charge < -0.3 is 14.7 Å². The number of hydrogen-bond donors (Lipinski definition) is 0. The maximum atomic E-state index is 13.3. The summed E-state index contributed by atoms with van der Waals surface area (Å²) in [6.45, 7) is 2.98. The highest BCUT2D eigenvalue weighted by atomic mass is 16.2. The first kappa shape index (κ1) is 18.8. The average molecular weight is 376 g/mol. The molecule has 0 aromatic rings. The molecule has 0 aromatic heterocycles. The minimum atomic E-state index is -0.362. The zero-order chi connectivity index (χ0) is 18.9. The molecular formula is C21H33N3O3. The van der Waals surface area contributed by atoms with Crippen molar-refractivity contribution in [3.05, 3.63) is 0 Å². The Hall–Kier alpha value is -1.59. The van der Waals surface area contributed by atoms with E-state index in [9.17, 15) is 14.4 Å². The molecule has 0 aromatic carbocycles. The van der Waals surface area contributed by atoms with Crippen LogP contribution in [0, 0.1) is 5.41 Å². The molecule has 0 radical (unpaired) electrons. The summed E-state index contributed by atoms with van der Waals surface area (Å²) in [4.78, 5) is 44.1. The van der Waals surface area contributed by atoms with Crippen molar-refractivity contribution in [3.8, 4) is 0 Å². The minimum absolute atomic E-state index is 0.0212. The van der Waals surface area contributed by atoms with Gasteiger partial charge in [0.25, 0.3) is 0 Å². The number of likely N-dealkylation sites (tertiary alicyclic amines) is 3. The molecule has 3 aliphatic heterocycles. The molecule has 1 spiro atoms. The van der Waals surface area contributed by atoms with E-state index in [1.54, 1.807) is 4.90 Å². The van der Waals surface area contributed by atoms with Crippen LogP contribution in [0.1, 0.15) is 70.6 Å². The molecule has 1 aliphatic carbocycles. The van der Waals surface area contributed by atoms with E-state index in [1.165, 1.54) is 12.8 Å².